The Morgan fingerprint density at radius 3 is 2.33 bits per heavy atom. The Balaban J connectivity index is 1.94. The van der Waals surface area contributed by atoms with Gasteiger partial charge in [0.25, 0.3) is 0 Å². The first-order chi connectivity index (χ1) is 9.91. The molecule has 0 bridgehead atoms. The maximum absolute atomic E-state index is 3.51. The highest BCUT2D eigenvalue weighted by molar-refractivity contribution is 5.29. The van der Waals surface area contributed by atoms with Gasteiger partial charge in [0.15, 0.2) is 0 Å². The molecule has 1 N–H and O–H groups in total. The molecule has 1 unspecified atom stereocenters. The van der Waals surface area contributed by atoms with E-state index in [4.69, 9.17) is 0 Å². The van der Waals surface area contributed by atoms with Crippen LogP contribution in [-0.4, -0.2) is 31.6 Å². The molecule has 0 spiro atoms. The van der Waals surface area contributed by atoms with Crippen molar-refractivity contribution in [3.8, 4) is 0 Å². The third-order valence-corrected chi connectivity index (χ3v) is 5.17. The van der Waals surface area contributed by atoms with Crippen molar-refractivity contribution in [2.24, 2.45) is 11.3 Å². The Kier molecular flexibility index (Phi) is 5.45. The van der Waals surface area contributed by atoms with E-state index in [1.165, 1.54) is 37.1 Å². The summed E-state index contributed by atoms with van der Waals surface area (Å²) in [5.74, 6) is 0.875. The minimum atomic E-state index is 0.442. The second-order valence-electron chi connectivity index (χ2n) is 7.64. The number of piperidine rings is 1. The zero-order valence-corrected chi connectivity index (χ0v) is 14.4. The number of likely N-dealkylation sites (N-methyl/N-ethyl adjacent to an activating group) is 1. The van der Waals surface area contributed by atoms with Crippen LogP contribution in [0.1, 0.15) is 50.8 Å². The van der Waals surface area contributed by atoms with Crippen molar-refractivity contribution in [2.45, 2.75) is 46.6 Å². The molecular weight excluding hydrogens is 256 g/mol. The molecule has 0 amide bonds. The summed E-state index contributed by atoms with van der Waals surface area (Å²) in [6.07, 6.45) is 2.68. The van der Waals surface area contributed by atoms with Crippen LogP contribution in [0, 0.1) is 18.3 Å². The average Bonchev–Trinajstić information content (AvgIpc) is 2.45. The first-order valence-corrected chi connectivity index (χ1v) is 8.37. The highest BCUT2D eigenvalue weighted by Crippen LogP contribution is 2.34. The second kappa shape index (κ2) is 6.93. The quantitative estimate of drug-likeness (QED) is 0.900. The molecule has 1 aromatic rings. The molecule has 0 aromatic heterocycles. The van der Waals surface area contributed by atoms with Crippen molar-refractivity contribution in [1.29, 1.82) is 0 Å². The molecule has 1 atom stereocenters. The highest BCUT2D eigenvalue weighted by Gasteiger charge is 2.29. The predicted octanol–water partition coefficient (Wildman–Crippen LogP) is 4.01. The lowest BCUT2D eigenvalue weighted by Crippen LogP contribution is -2.41. The smallest absolute Gasteiger partial charge is 0.0449 e. The second-order valence-corrected chi connectivity index (χ2v) is 7.64. The minimum Gasteiger partial charge on any atom is -0.312 e. The number of benzene rings is 1. The van der Waals surface area contributed by atoms with Gasteiger partial charge in [-0.2, -0.15) is 0 Å². The summed E-state index contributed by atoms with van der Waals surface area (Å²) < 4.78 is 0. The van der Waals surface area contributed by atoms with E-state index in [2.05, 4.69) is 69.2 Å². The fourth-order valence-corrected chi connectivity index (χ4v) is 3.56. The monoisotopic (exact) mass is 288 g/mol. The lowest BCUT2D eigenvalue weighted by atomic mass is 9.75. The standard InChI is InChI=1S/C19H32N2/c1-15-8-6-7-9-17(15)18(20-5)14-21-12-10-16(11-13-21)19(2,3)4/h6-9,16,18,20H,10-14H2,1-5H3. The zero-order valence-electron chi connectivity index (χ0n) is 14.4. The lowest BCUT2D eigenvalue weighted by Gasteiger charge is -2.40. The number of nitrogens with one attached hydrogen (secondary N) is 1. The van der Waals surface area contributed by atoms with Crippen LogP contribution in [0.4, 0.5) is 0 Å². The molecule has 2 heteroatoms. The first kappa shape index (κ1) is 16.5. The number of hydrogen-bond acceptors (Lipinski definition) is 2. The van der Waals surface area contributed by atoms with Crippen LogP contribution < -0.4 is 5.32 Å². The third kappa shape index (κ3) is 4.31. The number of hydrogen-bond donors (Lipinski definition) is 1. The number of rotatable bonds is 4. The van der Waals surface area contributed by atoms with Crippen molar-refractivity contribution in [2.75, 3.05) is 26.7 Å². The normalized spacial score (nSPS) is 19.7. The SMILES string of the molecule is CNC(CN1CCC(C(C)(C)C)CC1)c1ccccc1C. The van der Waals surface area contributed by atoms with E-state index in [1.807, 2.05) is 0 Å². The van der Waals surface area contributed by atoms with Gasteiger partial charge in [0, 0.05) is 12.6 Å². The maximum atomic E-state index is 3.51. The number of nitrogens with zero attached hydrogens (tertiary/aromatic N) is 1. The van der Waals surface area contributed by atoms with E-state index < -0.39 is 0 Å². The van der Waals surface area contributed by atoms with Crippen LogP contribution in [0.2, 0.25) is 0 Å². The molecule has 0 aliphatic carbocycles. The van der Waals surface area contributed by atoms with Gasteiger partial charge in [0.2, 0.25) is 0 Å². The predicted molar refractivity (Wildman–Crippen MR) is 91.6 cm³/mol. The molecule has 21 heavy (non-hydrogen) atoms. The van der Waals surface area contributed by atoms with Crippen molar-refractivity contribution in [3.63, 3.8) is 0 Å². The minimum absolute atomic E-state index is 0.442. The first-order valence-electron chi connectivity index (χ1n) is 8.37. The molecule has 2 rings (SSSR count). The average molecular weight is 288 g/mol. The molecule has 2 nitrogen and oxygen atoms in total. The summed E-state index contributed by atoms with van der Waals surface area (Å²) in [6, 6.07) is 9.19. The van der Waals surface area contributed by atoms with Crippen LogP contribution >= 0.6 is 0 Å². The molecule has 118 valence electrons. The molecule has 1 aromatic carbocycles. The van der Waals surface area contributed by atoms with Gasteiger partial charge in [-0.3, -0.25) is 0 Å². The van der Waals surface area contributed by atoms with Gasteiger partial charge in [-0.05, 0) is 62.4 Å². The topological polar surface area (TPSA) is 15.3 Å². The van der Waals surface area contributed by atoms with Crippen molar-refractivity contribution in [3.05, 3.63) is 35.4 Å². The molecule has 1 heterocycles. The highest BCUT2D eigenvalue weighted by atomic mass is 15.2. The Bertz CT molecular complexity index is 439. The van der Waals surface area contributed by atoms with Gasteiger partial charge in [-0.25, -0.2) is 0 Å². The summed E-state index contributed by atoms with van der Waals surface area (Å²) in [5.41, 5.74) is 3.30. The summed E-state index contributed by atoms with van der Waals surface area (Å²) in [7, 11) is 2.08. The Hall–Kier alpha value is -0.860. The van der Waals surface area contributed by atoms with Crippen molar-refractivity contribution in [1.82, 2.24) is 10.2 Å². The summed E-state index contributed by atoms with van der Waals surface area (Å²) in [5, 5.41) is 3.51. The molecule has 1 aliphatic heterocycles. The van der Waals surface area contributed by atoms with Gasteiger partial charge in [-0.15, -0.1) is 0 Å². The van der Waals surface area contributed by atoms with E-state index in [0.717, 1.165) is 12.5 Å². The lowest BCUT2D eigenvalue weighted by molar-refractivity contribution is 0.106. The van der Waals surface area contributed by atoms with Gasteiger partial charge in [0.05, 0.1) is 0 Å². The Morgan fingerprint density at radius 2 is 1.81 bits per heavy atom. The molecule has 0 radical (unpaired) electrons. The van der Waals surface area contributed by atoms with Gasteiger partial charge < -0.3 is 10.2 Å². The van der Waals surface area contributed by atoms with Gasteiger partial charge in [0.1, 0.15) is 0 Å². The van der Waals surface area contributed by atoms with E-state index in [0.29, 0.717) is 11.5 Å². The van der Waals surface area contributed by atoms with Gasteiger partial charge >= 0.3 is 0 Å². The van der Waals surface area contributed by atoms with E-state index in [9.17, 15) is 0 Å². The van der Waals surface area contributed by atoms with Gasteiger partial charge in [-0.1, -0.05) is 45.0 Å². The zero-order chi connectivity index (χ0) is 15.5. The molecule has 1 aliphatic rings. The van der Waals surface area contributed by atoms with E-state index in [1.54, 1.807) is 0 Å². The summed E-state index contributed by atoms with van der Waals surface area (Å²) >= 11 is 0. The largest absolute Gasteiger partial charge is 0.312 e. The number of likely N-dealkylation sites (tertiary alicyclic amines) is 1. The fraction of sp³-hybridized carbons (Fsp3) is 0.684. The van der Waals surface area contributed by atoms with E-state index >= 15 is 0 Å². The van der Waals surface area contributed by atoms with Crippen LogP contribution in [0.15, 0.2) is 24.3 Å². The van der Waals surface area contributed by atoms with Crippen molar-refractivity contribution < 1.29 is 0 Å². The molecule has 0 saturated carbocycles. The van der Waals surface area contributed by atoms with Crippen LogP contribution in [0.3, 0.4) is 0 Å². The van der Waals surface area contributed by atoms with E-state index in [-0.39, 0.29) is 0 Å². The maximum Gasteiger partial charge on any atom is 0.0449 e. The molecule has 1 fully saturated rings. The molecular formula is C19H32N2. The Labute approximate surface area is 130 Å². The fourth-order valence-electron chi connectivity index (χ4n) is 3.56. The summed E-state index contributed by atoms with van der Waals surface area (Å²) in [4.78, 5) is 2.63. The Morgan fingerprint density at radius 1 is 1.19 bits per heavy atom. The third-order valence-electron chi connectivity index (χ3n) is 5.17. The van der Waals surface area contributed by atoms with Crippen LogP contribution in [0.25, 0.3) is 0 Å². The molecule has 1 saturated heterocycles. The van der Waals surface area contributed by atoms with Crippen LogP contribution in [0.5, 0.6) is 0 Å². The van der Waals surface area contributed by atoms with Crippen molar-refractivity contribution >= 4 is 0 Å². The summed E-state index contributed by atoms with van der Waals surface area (Å²) in [6.45, 7) is 13.0. The number of aryl methyl sites for hydroxylation is 1. The van der Waals surface area contributed by atoms with Crippen LogP contribution in [-0.2, 0) is 0 Å².